The van der Waals surface area contributed by atoms with Crippen molar-refractivity contribution in [3.63, 3.8) is 0 Å². The smallest absolute Gasteiger partial charge is 0.148 e. The molecule has 1 heterocycles. The maximum atomic E-state index is 11.1. The van der Waals surface area contributed by atoms with Crippen LogP contribution in [0.25, 0.3) is 0 Å². The third-order valence-corrected chi connectivity index (χ3v) is 4.24. The summed E-state index contributed by atoms with van der Waals surface area (Å²) in [5, 5.41) is 3.31. The van der Waals surface area contributed by atoms with Crippen LogP contribution in [0.1, 0.15) is 26.7 Å². The first-order valence-corrected chi connectivity index (χ1v) is 8.56. The van der Waals surface area contributed by atoms with Gasteiger partial charge in [0.1, 0.15) is 9.84 Å². The number of hydrogen-bond donors (Lipinski definition) is 1. The lowest BCUT2D eigenvalue weighted by molar-refractivity contribution is 0.280. The molecule has 1 aliphatic rings. The zero-order valence-corrected chi connectivity index (χ0v) is 12.1. The first kappa shape index (κ1) is 14.9. The van der Waals surface area contributed by atoms with Gasteiger partial charge < -0.3 is 10.2 Å². The van der Waals surface area contributed by atoms with Crippen molar-refractivity contribution in [1.29, 1.82) is 0 Å². The van der Waals surface area contributed by atoms with E-state index in [9.17, 15) is 8.42 Å². The standard InChI is InChI=1S/C12H26N2O2S/c1-11(9-14-6-4-5-7-14)8-13-12(2)10-17(3,15)16/h11-13H,4-10H2,1-3H3. The highest BCUT2D eigenvalue weighted by molar-refractivity contribution is 7.90. The van der Waals surface area contributed by atoms with Crippen LogP contribution < -0.4 is 5.32 Å². The first-order chi connectivity index (χ1) is 7.87. The number of nitrogens with one attached hydrogen (secondary N) is 1. The second-order valence-corrected chi connectivity index (χ2v) is 7.70. The van der Waals surface area contributed by atoms with Crippen molar-refractivity contribution in [2.75, 3.05) is 38.2 Å². The van der Waals surface area contributed by atoms with Gasteiger partial charge in [-0.05, 0) is 45.3 Å². The molecule has 0 saturated carbocycles. The minimum Gasteiger partial charge on any atom is -0.313 e. The van der Waals surface area contributed by atoms with Crippen molar-refractivity contribution in [2.24, 2.45) is 5.92 Å². The SMILES string of the molecule is CC(CNC(C)CS(C)(=O)=O)CN1CCCC1. The summed E-state index contributed by atoms with van der Waals surface area (Å²) >= 11 is 0. The topological polar surface area (TPSA) is 49.4 Å². The molecule has 102 valence electrons. The fourth-order valence-electron chi connectivity index (χ4n) is 2.39. The van der Waals surface area contributed by atoms with E-state index >= 15 is 0 Å². The Labute approximate surface area is 106 Å². The van der Waals surface area contributed by atoms with Gasteiger partial charge in [0.2, 0.25) is 0 Å². The van der Waals surface area contributed by atoms with Crippen LogP contribution in [0, 0.1) is 5.92 Å². The molecule has 2 atom stereocenters. The number of hydrogen-bond acceptors (Lipinski definition) is 4. The van der Waals surface area contributed by atoms with Crippen LogP contribution >= 0.6 is 0 Å². The van der Waals surface area contributed by atoms with Gasteiger partial charge in [0.15, 0.2) is 0 Å². The fraction of sp³-hybridized carbons (Fsp3) is 1.00. The van der Waals surface area contributed by atoms with Gasteiger partial charge in [-0.3, -0.25) is 0 Å². The molecule has 5 heteroatoms. The zero-order valence-electron chi connectivity index (χ0n) is 11.3. The summed E-state index contributed by atoms with van der Waals surface area (Å²) in [5.74, 6) is 0.804. The molecule has 0 aliphatic carbocycles. The van der Waals surface area contributed by atoms with E-state index in [0.717, 1.165) is 13.1 Å². The summed E-state index contributed by atoms with van der Waals surface area (Å²) in [6.45, 7) is 8.63. The van der Waals surface area contributed by atoms with Crippen molar-refractivity contribution in [3.8, 4) is 0 Å². The molecule has 0 amide bonds. The summed E-state index contributed by atoms with van der Waals surface area (Å²) in [7, 11) is -2.87. The second-order valence-electron chi connectivity index (χ2n) is 5.51. The maximum absolute atomic E-state index is 11.1. The lowest BCUT2D eigenvalue weighted by atomic mass is 10.1. The Balaban J connectivity index is 2.16. The minimum absolute atomic E-state index is 0.0472. The molecule has 0 aromatic rings. The number of nitrogens with zero attached hydrogens (tertiary/aromatic N) is 1. The van der Waals surface area contributed by atoms with E-state index in [0.29, 0.717) is 5.92 Å². The predicted octanol–water partition coefficient (Wildman–Crippen LogP) is 0.741. The first-order valence-electron chi connectivity index (χ1n) is 6.50. The van der Waals surface area contributed by atoms with Gasteiger partial charge >= 0.3 is 0 Å². The number of likely N-dealkylation sites (tertiary alicyclic amines) is 1. The van der Waals surface area contributed by atoms with E-state index in [4.69, 9.17) is 0 Å². The molecule has 0 bridgehead atoms. The lowest BCUT2D eigenvalue weighted by Gasteiger charge is -2.22. The highest BCUT2D eigenvalue weighted by Crippen LogP contribution is 2.09. The fourth-order valence-corrected chi connectivity index (χ4v) is 3.41. The average Bonchev–Trinajstić information content (AvgIpc) is 2.64. The molecule has 4 nitrogen and oxygen atoms in total. The molecule has 0 spiro atoms. The summed E-state index contributed by atoms with van der Waals surface area (Å²) in [6.07, 6.45) is 3.94. The molecule has 1 rings (SSSR count). The molecule has 2 unspecified atom stereocenters. The normalized spacial score (nSPS) is 21.6. The predicted molar refractivity (Wildman–Crippen MR) is 72.0 cm³/mol. The Bertz CT molecular complexity index is 310. The van der Waals surface area contributed by atoms with Gasteiger partial charge in [0.25, 0.3) is 0 Å². The van der Waals surface area contributed by atoms with E-state index in [1.807, 2.05) is 6.92 Å². The largest absolute Gasteiger partial charge is 0.313 e. The zero-order chi connectivity index (χ0) is 12.9. The molecular formula is C12H26N2O2S. The van der Waals surface area contributed by atoms with Crippen molar-refractivity contribution in [1.82, 2.24) is 10.2 Å². The van der Waals surface area contributed by atoms with Crippen LogP contribution in [0.2, 0.25) is 0 Å². The van der Waals surface area contributed by atoms with Gasteiger partial charge in [0, 0.05) is 18.8 Å². The second kappa shape index (κ2) is 6.71. The van der Waals surface area contributed by atoms with Crippen molar-refractivity contribution in [2.45, 2.75) is 32.7 Å². The summed E-state index contributed by atoms with van der Waals surface area (Å²) in [4.78, 5) is 2.49. The van der Waals surface area contributed by atoms with Crippen LogP contribution in [-0.2, 0) is 9.84 Å². The molecular weight excluding hydrogens is 236 g/mol. The van der Waals surface area contributed by atoms with Crippen molar-refractivity contribution < 1.29 is 8.42 Å². The van der Waals surface area contributed by atoms with Crippen LogP contribution in [0.5, 0.6) is 0 Å². The molecule has 0 aromatic heterocycles. The average molecular weight is 262 g/mol. The summed E-state index contributed by atoms with van der Waals surface area (Å²) in [5.41, 5.74) is 0. The molecule has 1 fully saturated rings. The van der Waals surface area contributed by atoms with Crippen LogP contribution in [0.3, 0.4) is 0 Å². The van der Waals surface area contributed by atoms with Crippen molar-refractivity contribution in [3.05, 3.63) is 0 Å². The number of rotatable bonds is 7. The molecule has 1 N–H and O–H groups in total. The van der Waals surface area contributed by atoms with E-state index < -0.39 is 9.84 Å². The van der Waals surface area contributed by atoms with Gasteiger partial charge in [-0.15, -0.1) is 0 Å². The quantitative estimate of drug-likeness (QED) is 0.735. The Morgan fingerprint density at radius 1 is 1.24 bits per heavy atom. The Morgan fingerprint density at radius 2 is 1.82 bits per heavy atom. The van der Waals surface area contributed by atoms with Crippen LogP contribution in [0.4, 0.5) is 0 Å². The molecule has 0 radical (unpaired) electrons. The Hall–Kier alpha value is -0.130. The number of sulfone groups is 1. The van der Waals surface area contributed by atoms with E-state index in [1.54, 1.807) is 0 Å². The third kappa shape index (κ3) is 7.01. The Morgan fingerprint density at radius 3 is 2.35 bits per heavy atom. The van der Waals surface area contributed by atoms with E-state index in [1.165, 1.54) is 32.2 Å². The van der Waals surface area contributed by atoms with Gasteiger partial charge in [0.05, 0.1) is 5.75 Å². The van der Waals surface area contributed by atoms with Crippen LogP contribution in [-0.4, -0.2) is 57.5 Å². The lowest BCUT2D eigenvalue weighted by Crippen LogP contribution is -2.38. The van der Waals surface area contributed by atoms with Crippen LogP contribution in [0.15, 0.2) is 0 Å². The Kier molecular flexibility index (Phi) is 5.89. The molecule has 17 heavy (non-hydrogen) atoms. The molecule has 0 aromatic carbocycles. The minimum atomic E-state index is -2.87. The third-order valence-electron chi connectivity index (χ3n) is 3.14. The van der Waals surface area contributed by atoms with Gasteiger partial charge in [-0.25, -0.2) is 8.42 Å². The monoisotopic (exact) mass is 262 g/mol. The van der Waals surface area contributed by atoms with E-state index in [-0.39, 0.29) is 11.8 Å². The van der Waals surface area contributed by atoms with E-state index in [2.05, 4.69) is 17.1 Å². The summed E-state index contributed by atoms with van der Waals surface area (Å²) in [6, 6.07) is 0.0472. The molecule has 1 saturated heterocycles. The highest BCUT2D eigenvalue weighted by atomic mass is 32.2. The molecule has 1 aliphatic heterocycles. The van der Waals surface area contributed by atoms with Gasteiger partial charge in [-0.2, -0.15) is 0 Å². The van der Waals surface area contributed by atoms with Gasteiger partial charge in [-0.1, -0.05) is 6.92 Å². The summed E-state index contributed by atoms with van der Waals surface area (Å²) < 4.78 is 22.2. The highest BCUT2D eigenvalue weighted by Gasteiger charge is 2.16. The maximum Gasteiger partial charge on any atom is 0.148 e. The van der Waals surface area contributed by atoms with Crippen molar-refractivity contribution >= 4 is 9.84 Å².